The zero-order valence-corrected chi connectivity index (χ0v) is 12.5. The van der Waals surface area contributed by atoms with E-state index in [0.717, 1.165) is 16.7 Å². The lowest BCUT2D eigenvalue weighted by atomic mass is 10.1. The number of aromatic nitrogens is 2. The van der Waals surface area contributed by atoms with Gasteiger partial charge >= 0.3 is 0 Å². The lowest BCUT2D eigenvalue weighted by molar-refractivity contribution is 0.658. The molecule has 0 radical (unpaired) electrons. The molecule has 18 heavy (non-hydrogen) atoms. The van der Waals surface area contributed by atoms with Crippen LogP contribution in [0.5, 0.6) is 0 Å². The minimum atomic E-state index is 0.249. The van der Waals surface area contributed by atoms with Gasteiger partial charge in [0, 0.05) is 28.5 Å². The number of anilines is 1. The monoisotopic (exact) mass is 307 g/mol. The van der Waals surface area contributed by atoms with Crippen LogP contribution in [0.25, 0.3) is 0 Å². The van der Waals surface area contributed by atoms with Crippen LogP contribution in [0.2, 0.25) is 0 Å². The van der Waals surface area contributed by atoms with Crippen LogP contribution in [0.3, 0.4) is 0 Å². The standard InChI is InChI=1S/C14H18BrN3/c1-4-18-9-12(8-16-18)11(3)17-14-6-10(2)5-13(15)7-14/h5-9,11,17H,4H2,1-3H3. The first kappa shape index (κ1) is 13.1. The third-order valence-electron chi connectivity index (χ3n) is 2.90. The van der Waals surface area contributed by atoms with Crippen molar-refractivity contribution in [3.8, 4) is 0 Å². The van der Waals surface area contributed by atoms with Gasteiger partial charge in [0.2, 0.25) is 0 Å². The molecule has 1 unspecified atom stereocenters. The minimum absolute atomic E-state index is 0.249. The number of nitrogens with one attached hydrogen (secondary N) is 1. The van der Waals surface area contributed by atoms with E-state index in [1.807, 2.05) is 10.9 Å². The molecule has 2 aromatic rings. The van der Waals surface area contributed by atoms with Gasteiger partial charge in [-0.2, -0.15) is 5.10 Å². The molecule has 0 spiro atoms. The largest absolute Gasteiger partial charge is 0.378 e. The van der Waals surface area contributed by atoms with Crippen molar-refractivity contribution < 1.29 is 0 Å². The van der Waals surface area contributed by atoms with Crippen molar-refractivity contribution in [3.63, 3.8) is 0 Å². The van der Waals surface area contributed by atoms with Crippen LogP contribution < -0.4 is 5.32 Å². The molecule has 2 rings (SSSR count). The van der Waals surface area contributed by atoms with Gasteiger partial charge in [-0.05, 0) is 44.5 Å². The molecule has 1 aromatic carbocycles. The Hall–Kier alpha value is -1.29. The minimum Gasteiger partial charge on any atom is -0.378 e. The Morgan fingerprint density at radius 1 is 1.39 bits per heavy atom. The van der Waals surface area contributed by atoms with Crippen LogP contribution in [-0.4, -0.2) is 9.78 Å². The van der Waals surface area contributed by atoms with E-state index in [1.165, 1.54) is 11.1 Å². The summed E-state index contributed by atoms with van der Waals surface area (Å²) in [7, 11) is 0. The van der Waals surface area contributed by atoms with Crippen LogP contribution >= 0.6 is 15.9 Å². The highest BCUT2D eigenvalue weighted by Crippen LogP contribution is 2.23. The number of benzene rings is 1. The first-order valence-corrected chi connectivity index (χ1v) is 6.94. The number of rotatable bonds is 4. The predicted molar refractivity (Wildman–Crippen MR) is 78.8 cm³/mol. The summed E-state index contributed by atoms with van der Waals surface area (Å²) >= 11 is 3.52. The Labute approximate surface area is 116 Å². The molecular formula is C14H18BrN3. The summed E-state index contributed by atoms with van der Waals surface area (Å²) in [6.45, 7) is 7.23. The van der Waals surface area contributed by atoms with E-state index in [4.69, 9.17) is 0 Å². The van der Waals surface area contributed by atoms with Gasteiger partial charge in [0.05, 0.1) is 12.2 Å². The lowest BCUT2D eigenvalue weighted by Gasteiger charge is -2.14. The average molecular weight is 308 g/mol. The molecule has 1 N–H and O–H groups in total. The second kappa shape index (κ2) is 5.57. The zero-order chi connectivity index (χ0) is 13.1. The summed E-state index contributed by atoms with van der Waals surface area (Å²) in [5, 5.41) is 7.79. The summed E-state index contributed by atoms with van der Waals surface area (Å²) in [5.41, 5.74) is 3.57. The first-order chi connectivity index (χ1) is 8.58. The van der Waals surface area contributed by atoms with Crippen molar-refractivity contribution in [1.82, 2.24) is 9.78 Å². The second-order valence-electron chi connectivity index (χ2n) is 4.51. The van der Waals surface area contributed by atoms with Crippen molar-refractivity contribution in [2.45, 2.75) is 33.4 Å². The summed E-state index contributed by atoms with van der Waals surface area (Å²) < 4.78 is 3.04. The first-order valence-electron chi connectivity index (χ1n) is 6.14. The average Bonchev–Trinajstić information content (AvgIpc) is 2.75. The highest BCUT2D eigenvalue weighted by atomic mass is 79.9. The van der Waals surface area contributed by atoms with E-state index >= 15 is 0 Å². The molecule has 0 bridgehead atoms. The number of hydrogen-bond donors (Lipinski definition) is 1. The van der Waals surface area contributed by atoms with E-state index in [-0.39, 0.29) is 6.04 Å². The van der Waals surface area contributed by atoms with Crippen LogP contribution in [0.1, 0.15) is 31.0 Å². The third kappa shape index (κ3) is 3.13. The van der Waals surface area contributed by atoms with Gasteiger partial charge in [0.15, 0.2) is 0 Å². The van der Waals surface area contributed by atoms with E-state index < -0.39 is 0 Å². The fraction of sp³-hybridized carbons (Fsp3) is 0.357. The molecule has 0 saturated carbocycles. The molecule has 0 saturated heterocycles. The molecule has 0 aliphatic rings. The third-order valence-corrected chi connectivity index (χ3v) is 3.36. The lowest BCUT2D eigenvalue weighted by Crippen LogP contribution is -2.06. The quantitative estimate of drug-likeness (QED) is 0.919. The van der Waals surface area contributed by atoms with E-state index in [0.29, 0.717) is 0 Å². The molecule has 0 aliphatic carbocycles. The molecule has 1 heterocycles. The van der Waals surface area contributed by atoms with E-state index in [2.05, 4.69) is 71.5 Å². The topological polar surface area (TPSA) is 29.9 Å². The molecule has 1 atom stereocenters. The molecule has 0 fully saturated rings. The van der Waals surface area contributed by atoms with Gasteiger partial charge in [0.25, 0.3) is 0 Å². The Morgan fingerprint density at radius 3 is 2.78 bits per heavy atom. The molecule has 4 heteroatoms. The van der Waals surface area contributed by atoms with Crippen molar-refractivity contribution in [2.24, 2.45) is 0 Å². The molecule has 96 valence electrons. The zero-order valence-electron chi connectivity index (χ0n) is 10.9. The molecule has 3 nitrogen and oxygen atoms in total. The number of halogens is 1. The van der Waals surface area contributed by atoms with Crippen molar-refractivity contribution in [3.05, 3.63) is 46.2 Å². The Bertz CT molecular complexity index is 513. The van der Waals surface area contributed by atoms with Crippen LogP contribution in [0.4, 0.5) is 5.69 Å². The maximum Gasteiger partial charge on any atom is 0.0542 e. The maximum atomic E-state index is 4.30. The summed E-state index contributed by atoms with van der Waals surface area (Å²) in [4.78, 5) is 0. The summed E-state index contributed by atoms with van der Waals surface area (Å²) in [5.74, 6) is 0. The fourth-order valence-corrected chi connectivity index (χ4v) is 2.54. The van der Waals surface area contributed by atoms with Gasteiger partial charge in [-0.15, -0.1) is 0 Å². The smallest absolute Gasteiger partial charge is 0.0542 e. The highest BCUT2D eigenvalue weighted by molar-refractivity contribution is 9.10. The van der Waals surface area contributed by atoms with E-state index in [1.54, 1.807) is 0 Å². The van der Waals surface area contributed by atoms with Crippen LogP contribution in [-0.2, 0) is 6.54 Å². The molecule has 0 amide bonds. The van der Waals surface area contributed by atoms with Gasteiger partial charge in [-0.25, -0.2) is 0 Å². The van der Waals surface area contributed by atoms with Crippen LogP contribution in [0, 0.1) is 6.92 Å². The van der Waals surface area contributed by atoms with Crippen molar-refractivity contribution >= 4 is 21.6 Å². The van der Waals surface area contributed by atoms with Crippen molar-refractivity contribution in [2.75, 3.05) is 5.32 Å². The Morgan fingerprint density at radius 2 is 2.17 bits per heavy atom. The normalized spacial score (nSPS) is 12.4. The van der Waals surface area contributed by atoms with Gasteiger partial charge in [0.1, 0.15) is 0 Å². The van der Waals surface area contributed by atoms with Gasteiger partial charge in [-0.1, -0.05) is 15.9 Å². The number of aryl methyl sites for hydroxylation is 2. The Kier molecular flexibility index (Phi) is 4.07. The molecule has 1 aromatic heterocycles. The van der Waals surface area contributed by atoms with Crippen LogP contribution in [0.15, 0.2) is 35.1 Å². The van der Waals surface area contributed by atoms with Gasteiger partial charge < -0.3 is 5.32 Å². The highest BCUT2D eigenvalue weighted by Gasteiger charge is 2.08. The molecule has 0 aliphatic heterocycles. The van der Waals surface area contributed by atoms with Crippen molar-refractivity contribution in [1.29, 1.82) is 0 Å². The SMILES string of the molecule is CCn1cc(C(C)Nc2cc(C)cc(Br)c2)cn1. The van der Waals surface area contributed by atoms with E-state index in [9.17, 15) is 0 Å². The Balaban J connectivity index is 2.12. The van der Waals surface area contributed by atoms with Gasteiger partial charge in [-0.3, -0.25) is 4.68 Å². The second-order valence-corrected chi connectivity index (χ2v) is 5.43. The number of hydrogen-bond acceptors (Lipinski definition) is 2. The predicted octanol–water partition coefficient (Wildman–Crippen LogP) is 4.15. The fourth-order valence-electron chi connectivity index (χ4n) is 1.93. The summed E-state index contributed by atoms with van der Waals surface area (Å²) in [6, 6.07) is 6.59. The summed E-state index contributed by atoms with van der Waals surface area (Å²) in [6.07, 6.45) is 4.01. The maximum absolute atomic E-state index is 4.30. The number of nitrogens with zero attached hydrogens (tertiary/aromatic N) is 2. The molecular weight excluding hydrogens is 290 g/mol.